The Morgan fingerprint density at radius 1 is 1.33 bits per heavy atom. The van der Waals surface area contributed by atoms with Gasteiger partial charge in [-0.15, -0.1) is 5.10 Å². The van der Waals surface area contributed by atoms with E-state index in [1.807, 2.05) is 30.3 Å². The summed E-state index contributed by atoms with van der Waals surface area (Å²) in [5.74, 6) is 0.0599. The Kier molecular flexibility index (Phi) is 4.89. The number of rotatable bonds is 5. The Hall–Kier alpha value is -3.49. The molecule has 1 fully saturated rings. The highest BCUT2D eigenvalue weighted by Gasteiger charge is 2.46. The molecule has 1 unspecified atom stereocenters. The van der Waals surface area contributed by atoms with Crippen molar-refractivity contribution in [2.45, 2.75) is 38.8 Å². The molecule has 4 rings (SSSR count). The molecule has 0 saturated carbocycles. The fourth-order valence-electron chi connectivity index (χ4n) is 3.52. The second kappa shape index (κ2) is 7.40. The lowest BCUT2D eigenvalue weighted by atomic mass is 9.90. The van der Waals surface area contributed by atoms with Gasteiger partial charge in [-0.3, -0.25) is 9.59 Å². The minimum Gasteiger partial charge on any atom is -0.497 e. The number of methoxy groups -OCH3 is 1. The van der Waals surface area contributed by atoms with Crippen molar-refractivity contribution in [3.05, 3.63) is 42.5 Å². The smallest absolute Gasteiger partial charge is 0.307 e. The summed E-state index contributed by atoms with van der Waals surface area (Å²) in [7, 11) is 1.62. The first-order valence-electron chi connectivity index (χ1n) is 9.66. The maximum atomic E-state index is 12.7. The molecule has 1 amide bonds. The lowest BCUT2D eigenvalue weighted by Gasteiger charge is -2.24. The van der Waals surface area contributed by atoms with Crippen LogP contribution in [0.4, 0.5) is 0 Å². The standard InChI is InChI=1S/C21H23N5O4/c1-12(23-20(28)15-9-18(27)30-21(15,2)3)19-24-17-10-16(22-11-26(17)25-19)13-5-7-14(29-4)8-6-13/h5-8,10-12,15H,9H2,1-4H3,(H,23,28)/t12-,15?/m1/s1. The molecular formula is C21H23N5O4. The van der Waals surface area contributed by atoms with Crippen molar-refractivity contribution in [2.24, 2.45) is 5.92 Å². The van der Waals surface area contributed by atoms with Crippen molar-refractivity contribution in [1.29, 1.82) is 0 Å². The molecule has 9 nitrogen and oxygen atoms in total. The summed E-state index contributed by atoms with van der Waals surface area (Å²) in [6.45, 7) is 5.28. The van der Waals surface area contributed by atoms with E-state index in [0.717, 1.165) is 17.0 Å². The largest absolute Gasteiger partial charge is 0.497 e. The van der Waals surface area contributed by atoms with Gasteiger partial charge in [-0.25, -0.2) is 14.5 Å². The molecule has 1 aromatic carbocycles. The molecule has 1 saturated heterocycles. The first-order chi connectivity index (χ1) is 14.3. The third-order valence-corrected chi connectivity index (χ3v) is 5.28. The molecule has 9 heteroatoms. The lowest BCUT2D eigenvalue weighted by Crippen LogP contribution is -2.41. The van der Waals surface area contributed by atoms with Gasteiger partial charge in [0.05, 0.1) is 31.2 Å². The molecule has 0 radical (unpaired) electrons. The van der Waals surface area contributed by atoms with Crippen molar-refractivity contribution in [2.75, 3.05) is 7.11 Å². The fourth-order valence-corrected chi connectivity index (χ4v) is 3.52. The first kappa shape index (κ1) is 19.8. The molecule has 0 aliphatic carbocycles. The van der Waals surface area contributed by atoms with E-state index in [4.69, 9.17) is 9.47 Å². The zero-order chi connectivity index (χ0) is 21.5. The van der Waals surface area contributed by atoms with Crippen LogP contribution in [0.15, 0.2) is 36.7 Å². The Bertz CT molecular complexity index is 1110. The Labute approximate surface area is 173 Å². The van der Waals surface area contributed by atoms with Crippen molar-refractivity contribution in [3.63, 3.8) is 0 Å². The summed E-state index contributed by atoms with van der Waals surface area (Å²) in [4.78, 5) is 33.2. The van der Waals surface area contributed by atoms with Gasteiger partial charge in [0.15, 0.2) is 11.5 Å². The minimum atomic E-state index is -0.829. The van der Waals surface area contributed by atoms with Gasteiger partial charge in [-0.05, 0) is 45.0 Å². The van der Waals surface area contributed by atoms with E-state index in [1.54, 1.807) is 38.7 Å². The number of carbonyl (C=O) groups is 2. The van der Waals surface area contributed by atoms with Crippen LogP contribution in [-0.4, -0.2) is 44.2 Å². The highest BCUT2D eigenvalue weighted by molar-refractivity contribution is 5.87. The highest BCUT2D eigenvalue weighted by atomic mass is 16.6. The van der Waals surface area contributed by atoms with E-state index >= 15 is 0 Å². The van der Waals surface area contributed by atoms with Crippen LogP contribution in [-0.2, 0) is 14.3 Å². The number of esters is 1. The number of hydrogen-bond acceptors (Lipinski definition) is 7. The third-order valence-electron chi connectivity index (χ3n) is 5.28. The molecule has 156 valence electrons. The predicted octanol–water partition coefficient (Wildman–Crippen LogP) is 2.32. The van der Waals surface area contributed by atoms with Gasteiger partial charge in [-0.2, -0.15) is 0 Å². The Morgan fingerprint density at radius 2 is 2.07 bits per heavy atom. The first-order valence-corrected chi connectivity index (χ1v) is 9.66. The SMILES string of the molecule is COc1ccc(-c2cc3nc([C@@H](C)NC(=O)C4CC(=O)OC4(C)C)nn3cn2)cc1. The van der Waals surface area contributed by atoms with Crippen LogP contribution < -0.4 is 10.1 Å². The molecule has 2 atom stereocenters. The molecular weight excluding hydrogens is 386 g/mol. The number of amides is 1. The van der Waals surface area contributed by atoms with E-state index in [9.17, 15) is 9.59 Å². The Balaban J connectivity index is 1.53. The van der Waals surface area contributed by atoms with E-state index in [2.05, 4.69) is 20.4 Å². The number of hydrogen-bond donors (Lipinski definition) is 1. The molecule has 0 spiro atoms. The van der Waals surface area contributed by atoms with Crippen LogP contribution in [0.3, 0.4) is 0 Å². The van der Waals surface area contributed by atoms with Crippen molar-refractivity contribution in [1.82, 2.24) is 24.9 Å². The second-order valence-electron chi connectivity index (χ2n) is 7.84. The minimum absolute atomic E-state index is 0.0687. The normalized spacial score (nSPS) is 18.8. The lowest BCUT2D eigenvalue weighted by molar-refractivity contribution is -0.147. The summed E-state index contributed by atoms with van der Waals surface area (Å²) in [6.07, 6.45) is 1.66. The third kappa shape index (κ3) is 3.70. The average Bonchev–Trinajstić information content (AvgIpc) is 3.26. The number of ether oxygens (including phenoxy) is 2. The molecule has 3 aromatic rings. The second-order valence-corrected chi connectivity index (χ2v) is 7.84. The van der Waals surface area contributed by atoms with Gasteiger partial charge >= 0.3 is 5.97 Å². The van der Waals surface area contributed by atoms with Gasteiger partial charge in [0.1, 0.15) is 17.7 Å². The van der Waals surface area contributed by atoms with E-state index in [1.165, 1.54) is 0 Å². The number of cyclic esters (lactones) is 1. The maximum absolute atomic E-state index is 12.7. The molecule has 3 heterocycles. The molecule has 30 heavy (non-hydrogen) atoms. The van der Waals surface area contributed by atoms with Crippen LogP contribution in [0.5, 0.6) is 5.75 Å². The summed E-state index contributed by atoms with van der Waals surface area (Å²) in [5.41, 5.74) is 1.47. The molecule has 2 aromatic heterocycles. The summed E-state index contributed by atoms with van der Waals surface area (Å²) >= 11 is 0. The maximum Gasteiger partial charge on any atom is 0.307 e. The van der Waals surface area contributed by atoms with Gasteiger partial charge in [-0.1, -0.05) is 0 Å². The van der Waals surface area contributed by atoms with Gasteiger partial charge in [0.2, 0.25) is 5.91 Å². The molecule has 1 aliphatic rings. The van der Waals surface area contributed by atoms with E-state index in [-0.39, 0.29) is 18.3 Å². The molecule has 1 N–H and O–H groups in total. The fraction of sp³-hybridized carbons (Fsp3) is 0.381. The predicted molar refractivity (Wildman–Crippen MR) is 108 cm³/mol. The summed E-state index contributed by atoms with van der Waals surface area (Å²) < 4.78 is 12.0. The van der Waals surface area contributed by atoms with Crippen molar-refractivity contribution in [3.8, 4) is 17.0 Å². The Morgan fingerprint density at radius 3 is 2.70 bits per heavy atom. The van der Waals surface area contributed by atoms with Crippen LogP contribution in [0, 0.1) is 5.92 Å². The number of fused-ring (bicyclic) bond motifs is 1. The summed E-state index contributed by atoms with van der Waals surface area (Å²) in [6, 6.07) is 8.97. The van der Waals surface area contributed by atoms with Crippen LogP contribution in [0.2, 0.25) is 0 Å². The van der Waals surface area contributed by atoms with E-state index < -0.39 is 17.6 Å². The molecule has 1 aliphatic heterocycles. The monoisotopic (exact) mass is 409 g/mol. The van der Waals surface area contributed by atoms with Gasteiger partial charge in [0, 0.05) is 11.6 Å². The zero-order valence-electron chi connectivity index (χ0n) is 17.2. The average molecular weight is 409 g/mol. The number of benzene rings is 1. The van der Waals surface area contributed by atoms with Crippen molar-refractivity contribution >= 4 is 17.5 Å². The number of aromatic nitrogens is 4. The quantitative estimate of drug-likeness (QED) is 0.644. The topological polar surface area (TPSA) is 108 Å². The number of nitrogens with zero attached hydrogens (tertiary/aromatic N) is 4. The van der Waals surface area contributed by atoms with Gasteiger partial charge in [0.25, 0.3) is 0 Å². The van der Waals surface area contributed by atoms with Crippen LogP contribution in [0.25, 0.3) is 16.9 Å². The zero-order valence-corrected chi connectivity index (χ0v) is 17.2. The van der Waals surface area contributed by atoms with Gasteiger partial charge < -0.3 is 14.8 Å². The molecule has 0 bridgehead atoms. The summed E-state index contributed by atoms with van der Waals surface area (Å²) in [5, 5.41) is 7.31. The van der Waals surface area contributed by atoms with Crippen LogP contribution in [0.1, 0.15) is 39.1 Å². The van der Waals surface area contributed by atoms with E-state index in [0.29, 0.717) is 11.5 Å². The van der Waals surface area contributed by atoms with Crippen LogP contribution >= 0.6 is 0 Å². The number of carbonyl (C=O) groups excluding carboxylic acids is 2. The van der Waals surface area contributed by atoms with Crippen molar-refractivity contribution < 1.29 is 19.1 Å². The highest BCUT2D eigenvalue weighted by Crippen LogP contribution is 2.33. The number of nitrogens with one attached hydrogen (secondary N) is 1.